The Morgan fingerprint density at radius 1 is 1.06 bits per heavy atom. The molecule has 3 saturated heterocycles. The van der Waals surface area contributed by atoms with E-state index in [0.717, 1.165) is 34.8 Å². The number of nitrogens with zero attached hydrogens (tertiary/aromatic N) is 1. The second-order valence-electron chi connectivity index (χ2n) is 16.0. The Labute approximate surface area is 310 Å². The zero-order chi connectivity index (χ0) is 36.5. The number of carbonyl (C=O) groups excluding carboxylic acids is 4. The minimum Gasteiger partial charge on any atom is -0.460 e. The van der Waals surface area contributed by atoms with E-state index < -0.39 is 95.8 Å². The SMILES string of the molecule is CC(O)C(NC(=O)C12CC3OC(=O)C1N(Cc1ccc(I)cc1)OC2C1OC(C2CC2)(C2CC2)OC31)C(=O)NC(CO)CCC(=O)OC(C)(C)C. The van der Waals surface area contributed by atoms with E-state index in [4.69, 9.17) is 23.8 Å². The van der Waals surface area contributed by atoms with Crippen LogP contribution in [0.1, 0.15) is 78.2 Å². The fraction of sp³-hybridized carbons (Fsp3) is 0.722. The number of amides is 2. The summed E-state index contributed by atoms with van der Waals surface area (Å²) in [5, 5.41) is 27.7. The molecule has 6 aliphatic rings. The molecule has 3 aliphatic carbocycles. The van der Waals surface area contributed by atoms with Crippen LogP contribution in [0.5, 0.6) is 0 Å². The van der Waals surface area contributed by atoms with E-state index in [1.165, 1.54) is 12.0 Å². The number of carbonyl (C=O) groups is 4. The molecule has 15 heteroatoms. The van der Waals surface area contributed by atoms with Crippen molar-refractivity contribution < 1.29 is 53.2 Å². The van der Waals surface area contributed by atoms with Crippen molar-refractivity contribution in [3.63, 3.8) is 0 Å². The molecule has 51 heavy (non-hydrogen) atoms. The number of ether oxygens (including phenoxy) is 4. The van der Waals surface area contributed by atoms with Crippen molar-refractivity contribution in [2.45, 2.75) is 139 Å². The van der Waals surface area contributed by atoms with Gasteiger partial charge in [0.25, 0.3) is 0 Å². The summed E-state index contributed by atoms with van der Waals surface area (Å²) in [6, 6.07) is 4.26. The number of fused-ring (bicyclic) bond motifs is 4. The van der Waals surface area contributed by atoms with Crippen molar-refractivity contribution in [2.24, 2.45) is 17.3 Å². The first kappa shape index (κ1) is 36.9. The number of benzene rings is 1. The highest BCUT2D eigenvalue weighted by Crippen LogP contribution is 2.63. The van der Waals surface area contributed by atoms with Crippen molar-refractivity contribution >= 4 is 46.3 Å². The van der Waals surface area contributed by atoms with Crippen molar-refractivity contribution in [3.8, 4) is 0 Å². The lowest BCUT2D eigenvalue weighted by Crippen LogP contribution is -2.71. The third-order valence-electron chi connectivity index (χ3n) is 10.9. The van der Waals surface area contributed by atoms with Crippen LogP contribution in [0.25, 0.3) is 0 Å². The molecule has 0 radical (unpaired) electrons. The topological polar surface area (TPSA) is 182 Å². The first-order valence-electron chi connectivity index (χ1n) is 18.0. The van der Waals surface area contributed by atoms with Crippen LogP contribution in [0.15, 0.2) is 24.3 Å². The summed E-state index contributed by atoms with van der Waals surface area (Å²) in [7, 11) is 0. The molecule has 2 bridgehead atoms. The quantitative estimate of drug-likeness (QED) is 0.168. The third-order valence-corrected chi connectivity index (χ3v) is 11.6. The number of nitrogens with one attached hydrogen (secondary N) is 2. The van der Waals surface area contributed by atoms with E-state index in [9.17, 15) is 29.4 Å². The summed E-state index contributed by atoms with van der Waals surface area (Å²) in [6.45, 7) is 6.29. The number of aliphatic hydroxyl groups is 2. The molecular weight excluding hydrogens is 777 g/mol. The molecule has 14 nitrogen and oxygen atoms in total. The van der Waals surface area contributed by atoms with Crippen molar-refractivity contribution in [1.82, 2.24) is 15.7 Å². The van der Waals surface area contributed by atoms with Gasteiger partial charge in [0, 0.05) is 28.2 Å². The standard InChI is InChI=1S/C36H48IN3O11/c1-18(42)26(31(44)38-23(17-41)13-14-25(43)48-34(2,3)4)39-33(46)35-15-24-27-28(50-36(49-27,20-7-8-20)21-9-10-21)30(35)51-40(29(35)32(45)47-24)16-19-5-11-22(37)12-6-19/h5-6,11-12,18,20-21,23-24,26-30,41-42H,7-10,13-17H2,1-4H3,(H,38,44)(H,39,46). The van der Waals surface area contributed by atoms with Crippen LogP contribution in [-0.2, 0) is 49.5 Å². The predicted octanol–water partition coefficient (Wildman–Crippen LogP) is 1.86. The van der Waals surface area contributed by atoms with Gasteiger partial charge in [0.2, 0.25) is 11.8 Å². The first-order valence-corrected chi connectivity index (χ1v) is 19.1. The Morgan fingerprint density at radius 2 is 1.71 bits per heavy atom. The predicted molar refractivity (Wildman–Crippen MR) is 186 cm³/mol. The molecule has 1 aromatic carbocycles. The fourth-order valence-electron chi connectivity index (χ4n) is 8.30. The maximum Gasteiger partial charge on any atom is 0.327 e. The molecule has 4 N–H and O–H groups in total. The molecule has 9 atom stereocenters. The van der Waals surface area contributed by atoms with Gasteiger partial charge < -0.3 is 39.8 Å². The summed E-state index contributed by atoms with van der Waals surface area (Å²) >= 11 is 2.21. The average Bonchev–Trinajstić information content (AvgIpc) is 4.01. The van der Waals surface area contributed by atoms with Crippen LogP contribution in [0.3, 0.4) is 0 Å². The van der Waals surface area contributed by atoms with Gasteiger partial charge in [-0.05, 0) is 100 Å². The zero-order valence-corrected chi connectivity index (χ0v) is 31.5. The smallest absolute Gasteiger partial charge is 0.327 e. The van der Waals surface area contributed by atoms with Crippen LogP contribution in [0, 0.1) is 20.8 Å². The van der Waals surface area contributed by atoms with Gasteiger partial charge in [-0.3, -0.25) is 24.0 Å². The highest BCUT2D eigenvalue weighted by Gasteiger charge is 2.78. The average molecular weight is 826 g/mol. The molecule has 2 amide bonds. The fourth-order valence-corrected chi connectivity index (χ4v) is 8.66. The Kier molecular flexibility index (Phi) is 9.98. The van der Waals surface area contributed by atoms with Crippen molar-refractivity contribution in [1.29, 1.82) is 0 Å². The van der Waals surface area contributed by atoms with E-state index in [2.05, 4.69) is 33.2 Å². The van der Waals surface area contributed by atoms with Crippen LogP contribution >= 0.6 is 22.6 Å². The van der Waals surface area contributed by atoms with Crippen molar-refractivity contribution in [3.05, 3.63) is 33.4 Å². The Bertz CT molecular complexity index is 1510. The van der Waals surface area contributed by atoms with Gasteiger partial charge in [-0.1, -0.05) is 12.1 Å². The molecule has 1 aromatic rings. The van der Waals surface area contributed by atoms with Gasteiger partial charge >= 0.3 is 11.9 Å². The molecule has 3 aliphatic heterocycles. The van der Waals surface area contributed by atoms with Gasteiger partial charge in [0.05, 0.1) is 25.3 Å². The maximum atomic E-state index is 14.8. The number of hydrogen-bond donors (Lipinski definition) is 4. The summed E-state index contributed by atoms with van der Waals surface area (Å²) in [4.78, 5) is 61.4. The van der Waals surface area contributed by atoms with Crippen LogP contribution in [0.2, 0.25) is 0 Å². The number of esters is 2. The molecule has 7 rings (SSSR count). The summed E-state index contributed by atoms with van der Waals surface area (Å²) < 4.78 is 26.1. The summed E-state index contributed by atoms with van der Waals surface area (Å²) in [6.07, 6.45) is -0.488. The Morgan fingerprint density at radius 3 is 2.29 bits per heavy atom. The van der Waals surface area contributed by atoms with E-state index in [-0.39, 0.29) is 37.6 Å². The van der Waals surface area contributed by atoms with Crippen LogP contribution in [-0.4, -0.2) is 106 Å². The molecule has 0 spiro atoms. The Balaban J connectivity index is 1.15. The summed E-state index contributed by atoms with van der Waals surface area (Å²) in [5.74, 6) is -2.92. The lowest BCUT2D eigenvalue weighted by Gasteiger charge is -2.49. The first-order chi connectivity index (χ1) is 24.1. The van der Waals surface area contributed by atoms with E-state index >= 15 is 0 Å². The van der Waals surface area contributed by atoms with E-state index in [1.807, 2.05) is 24.3 Å². The molecular formula is C36H48IN3O11. The minimum atomic E-state index is -1.54. The molecule has 3 saturated carbocycles. The minimum absolute atomic E-state index is 0.0635. The Hall–Kier alpha value is -2.41. The van der Waals surface area contributed by atoms with Crippen LogP contribution in [0.4, 0.5) is 0 Å². The van der Waals surface area contributed by atoms with Gasteiger partial charge in [0.15, 0.2) is 11.8 Å². The zero-order valence-electron chi connectivity index (χ0n) is 29.3. The number of halogens is 1. The van der Waals surface area contributed by atoms with E-state index in [1.54, 1.807) is 20.8 Å². The number of aliphatic hydroxyl groups excluding tert-OH is 2. The normalized spacial score (nSPS) is 32.7. The van der Waals surface area contributed by atoms with Crippen molar-refractivity contribution in [2.75, 3.05) is 6.61 Å². The summed E-state index contributed by atoms with van der Waals surface area (Å²) in [5.41, 5.74) is -1.38. The molecule has 9 unspecified atom stereocenters. The molecule has 0 aromatic heterocycles. The number of hydroxylamine groups is 2. The third kappa shape index (κ3) is 7.03. The maximum absolute atomic E-state index is 14.8. The number of rotatable bonds is 13. The lowest BCUT2D eigenvalue weighted by molar-refractivity contribution is -0.235. The van der Waals surface area contributed by atoms with Gasteiger partial charge in [0.1, 0.15) is 41.5 Å². The number of hydrogen-bond acceptors (Lipinski definition) is 12. The monoisotopic (exact) mass is 825 g/mol. The second kappa shape index (κ2) is 13.8. The molecule has 6 fully saturated rings. The lowest BCUT2D eigenvalue weighted by atomic mass is 9.62. The van der Waals surface area contributed by atoms with Gasteiger partial charge in [-0.2, -0.15) is 5.06 Å². The van der Waals surface area contributed by atoms with Gasteiger partial charge in [-0.25, -0.2) is 0 Å². The van der Waals surface area contributed by atoms with Gasteiger partial charge in [-0.15, -0.1) is 0 Å². The molecule has 3 heterocycles. The highest BCUT2D eigenvalue weighted by molar-refractivity contribution is 14.1. The largest absolute Gasteiger partial charge is 0.460 e. The van der Waals surface area contributed by atoms with Crippen LogP contribution < -0.4 is 10.6 Å². The molecule has 280 valence electrons. The van der Waals surface area contributed by atoms with E-state index in [0.29, 0.717) is 0 Å². The highest BCUT2D eigenvalue weighted by atomic mass is 127. The second-order valence-corrected chi connectivity index (χ2v) is 17.2.